The van der Waals surface area contributed by atoms with Gasteiger partial charge in [-0.05, 0) is 19.9 Å². The first kappa shape index (κ1) is 16.5. The minimum Gasteiger partial charge on any atom is -0.394 e. The van der Waals surface area contributed by atoms with Crippen LogP contribution in [0.4, 0.5) is 0 Å². The molecule has 1 fully saturated rings. The molecule has 1 aromatic heterocycles. The monoisotopic (exact) mass is 359 g/mol. The third-order valence-electron chi connectivity index (χ3n) is 2.90. The third-order valence-corrected chi connectivity index (χ3v) is 6.46. The number of aliphatic hydroxyl groups is 1. The van der Waals surface area contributed by atoms with Crippen molar-refractivity contribution in [3.63, 3.8) is 0 Å². The molecule has 1 aliphatic rings. The van der Waals surface area contributed by atoms with E-state index in [2.05, 4.69) is 0 Å². The van der Waals surface area contributed by atoms with Crippen molar-refractivity contribution in [2.45, 2.75) is 30.4 Å². The Bertz CT molecular complexity index is 600. The third kappa shape index (κ3) is 3.30. The van der Waals surface area contributed by atoms with Crippen molar-refractivity contribution in [1.82, 2.24) is 4.31 Å². The van der Waals surface area contributed by atoms with Crippen LogP contribution in [0.5, 0.6) is 0 Å². The van der Waals surface area contributed by atoms with E-state index in [1.54, 1.807) is 13.8 Å². The molecule has 20 heavy (non-hydrogen) atoms. The van der Waals surface area contributed by atoms with Gasteiger partial charge in [-0.1, -0.05) is 23.2 Å². The van der Waals surface area contributed by atoms with E-state index < -0.39 is 21.7 Å². The summed E-state index contributed by atoms with van der Waals surface area (Å²) in [7, 11) is -3.75. The van der Waals surface area contributed by atoms with E-state index in [9.17, 15) is 13.5 Å². The highest BCUT2D eigenvalue weighted by Gasteiger charge is 2.40. The maximum Gasteiger partial charge on any atom is 0.245 e. The standard InChI is InChI=1S/C11H15Cl2NO4S2/c1-11(2)6-14(4-7(5-15)18-11)20(16,17)8-3-9(12)19-10(8)13/h3,7,15H,4-6H2,1-2H3. The Morgan fingerprint density at radius 3 is 2.70 bits per heavy atom. The normalized spacial score (nSPS) is 23.9. The number of morpholine rings is 1. The van der Waals surface area contributed by atoms with Gasteiger partial charge >= 0.3 is 0 Å². The van der Waals surface area contributed by atoms with Gasteiger partial charge in [0.2, 0.25) is 10.0 Å². The van der Waals surface area contributed by atoms with Gasteiger partial charge in [0.1, 0.15) is 9.23 Å². The van der Waals surface area contributed by atoms with Gasteiger partial charge in [-0.25, -0.2) is 8.42 Å². The maximum absolute atomic E-state index is 12.6. The summed E-state index contributed by atoms with van der Waals surface area (Å²) >= 11 is 12.8. The van der Waals surface area contributed by atoms with Gasteiger partial charge in [0.15, 0.2) is 0 Å². The van der Waals surface area contributed by atoms with Crippen LogP contribution >= 0.6 is 34.5 Å². The van der Waals surface area contributed by atoms with Crippen LogP contribution in [0.15, 0.2) is 11.0 Å². The quantitative estimate of drug-likeness (QED) is 0.898. The number of aliphatic hydroxyl groups excluding tert-OH is 1. The second kappa shape index (κ2) is 5.72. The molecule has 1 aliphatic heterocycles. The maximum atomic E-state index is 12.6. The van der Waals surface area contributed by atoms with Crippen LogP contribution in [0.25, 0.3) is 0 Å². The predicted octanol–water partition coefficient (Wildman–Crippen LogP) is 2.22. The molecule has 2 heterocycles. The summed E-state index contributed by atoms with van der Waals surface area (Å²) < 4.78 is 32.6. The smallest absolute Gasteiger partial charge is 0.245 e. The molecular weight excluding hydrogens is 345 g/mol. The minimum atomic E-state index is -3.75. The molecule has 1 aromatic rings. The number of ether oxygens (including phenoxy) is 1. The SMILES string of the molecule is CC1(C)CN(S(=O)(=O)c2cc(Cl)sc2Cl)CC(CO)O1. The van der Waals surface area contributed by atoms with E-state index in [0.717, 1.165) is 11.3 Å². The number of rotatable bonds is 3. The molecule has 0 saturated carbocycles. The summed E-state index contributed by atoms with van der Waals surface area (Å²) in [6.45, 7) is 3.59. The molecule has 0 radical (unpaired) electrons. The minimum absolute atomic E-state index is 0.00329. The highest BCUT2D eigenvalue weighted by molar-refractivity contribution is 7.89. The van der Waals surface area contributed by atoms with Gasteiger partial charge < -0.3 is 9.84 Å². The Labute approximate surface area is 132 Å². The molecule has 2 rings (SSSR count). The zero-order valence-electron chi connectivity index (χ0n) is 11.0. The number of hydrogen-bond acceptors (Lipinski definition) is 5. The van der Waals surface area contributed by atoms with Crippen molar-refractivity contribution < 1.29 is 18.3 Å². The Morgan fingerprint density at radius 2 is 2.20 bits per heavy atom. The van der Waals surface area contributed by atoms with Crippen LogP contribution in [0.2, 0.25) is 8.67 Å². The Balaban J connectivity index is 2.36. The van der Waals surface area contributed by atoms with Crippen LogP contribution < -0.4 is 0 Å². The van der Waals surface area contributed by atoms with E-state index in [4.69, 9.17) is 27.9 Å². The van der Waals surface area contributed by atoms with E-state index in [0.29, 0.717) is 4.34 Å². The summed E-state index contributed by atoms with van der Waals surface area (Å²) in [6, 6.07) is 1.35. The second-order valence-corrected chi connectivity index (χ2v) is 9.36. The summed E-state index contributed by atoms with van der Waals surface area (Å²) in [4.78, 5) is 0.00329. The average molecular weight is 360 g/mol. The van der Waals surface area contributed by atoms with E-state index >= 15 is 0 Å². The van der Waals surface area contributed by atoms with E-state index in [1.165, 1.54) is 10.4 Å². The zero-order valence-corrected chi connectivity index (χ0v) is 14.1. The van der Waals surface area contributed by atoms with Crippen molar-refractivity contribution in [2.24, 2.45) is 0 Å². The summed E-state index contributed by atoms with van der Waals surface area (Å²) in [5, 5.41) is 9.24. The van der Waals surface area contributed by atoms with Crippen LogP contribution in [0, 0.1) is 0 Å². The molecule has 0 aromatic carbocycles. The van der Waals surface area contributed by atoms with Gasteiger partial charge in [-0.15, -0.1) is 11.3 Å². The molecule has 114 valence electrons. The molecule has 0 spiro atoms. The fraction of sp³-hybridized carbons (Fsp3) is 0.636. The molecule has 1 saturated heterocycles. The Hall–Kier alpha value is 0.110. The highest BCUT2D eigenvalue weighted by atomic mass is 35.5. The van der Waals surface area contributed by atoms with Crippen LogP contribution in [0.1, 0.15) is 13.8 Å². The molecule has 0 amide bonds. The first-order valence-electron chi connectivity index (χ1n) is 5.89. The number of sulfonamides is 1. The fourth-order valence-corrected chi connectivity index (χ4v) is 5.89. The first-order chi connectivity index (χ1) is 9.15. The van der Waals surface area contributed by atoms with Crippen molar-refractivity contribution in [3.05, 3.63) is 14.7 Å². The lowest BCUT2D eigenvalue weighted by atomic mass is 10.1. The van der Waals surface area contributed by atoms with Gasteiger partial charge in [0.05, 0.1) is 22.6 Å². The lowest BCUT2D eigenvalue weighted by Gasteiger charge is -2.41. The number of halogens is 2. The number of hydrogen-bond donors (Lipinski definition) is 1. The molecule has 1 atom stereocenters. The summed E-state index contributed by atoms with van der Waals surface area (Å²) in [6.07, 6.45) is -0.554. The number of thiophene rings is 1. The van der Waals surface area contributed by atoms with Crippen molar-refractivity contribution >= 4 is 44.6 Å². The van der Waals surface area contributed by atoms with Crippen molar-refractivity contribution in [1.29, 1.82) is 0 Å². The molecule has 1 N–H and O–H groups in total. The summed E-state index contributed by atoms with van der Waals surface area (Å²) in [5.41, 5.74) is -0.676. The molecular formula is C11H15Cl2NO4S2. The van der Waals surface area contributed by atoms with Gasteiger partial charge in [0.25, 0.3) is 0 Å². The predicted molar refractivity (Wildman–Crippen MR) is 79.1 cm³/mol. The average Bonchev–Trinajstić information content (AvgIpc) is 2.67. The van der Waals surface area contributed by atoms with Crippen molar-refractivity contribution in [2.75, 3.05) is 19.7 Å². The molecule has 5 nitrogen and oxygen atoms in total. The largest absolute Gasteiger partial charge is 0.394 e. The van der Waals surface area contributed by atoms with Gasteiger partial charge in [-0.2, -0.15) is 4.31 Å². The van der Waals surface area contributed by atoms with Gasteiger partial charge in [-0.3, -0.25) is 0 Å². The van der Waals surface area contributed by atoms with E-state index in [-0.39, 0.29) is 28.9 Å². The molecule has 0 aliphatic carbocycles. The number of nitrogens with zero attached hydrogens (tertiary/aromatic N) is 1. The molecule has 9 heteroatoms. The molecule has 0 bridgehead atoms. The Kier molecular flexibility index (Phi) is 4.71. The lowest BCUT2D eigenvalue weighted by molar-refractivity contribution is -0.131. The van der Waals surface area contributed by atoms with E-state index in [1.807, 2.05) is 0 Å². The molecule has 1 unspecified atom stereocenters. The van der Waals surface area contributed by atoms with Gasteiger partial charge in [0, 0.05) is 13.1 Å². The Morgan fingerprint density at radius 1 is 1.55 bits per heavy atom. The van der Waals surface area contributed by atoms with Crippen LogP contribution in [-0.2, 0) is 14.8 Å². The van der Waals surface area contributed by atoms with Crippen molar-refractivity contribution in [3.8, 4) is 0 Å². The first-order valence-corrected chi connectivity index (χ1v) is 8.90. The lowest BCUT2D eigenvalue weighted by Crippen LogP contribution is -2.55. The second-order valence-electron chi connectivity index (χ2n) is 5.17. The fourth-order valence-electron chi connectivity index (χ4n) is 2.16. The zero-order chi connectivity index (χ0) is 15.1. The van der Waals surface area contributed by atoms with Crippen LogP contribution in [0.3, 0.4) is 0 Å². The van der Waals surface area contributed by atoms with Crippen LogP contribution in [-0.4, -0.2) is 49.2 Å². The topological polar surface area (TPSA) is 66.8 Å². The summed E-state index contributed by atoms with van der Waals surface area (Å²) in [5.74, 6) is 0. The highest BCUT2D eigenvalue weighted by Crippen LogP contribution is 2.37.